The van der Waals surface area contributed by atoms with Crippen molar-refractivity contribution in [1.82, 2.24) is 4.57 Å². The summed E-state index contributed by atoms with van der Waals surface area (Å²) < 4.78 is 2.28. The average molecular weight is 226 g/mol. The normalized spacial score (nSPS) is 24.3. The van der Waals surface area contributed by atoms with E-state index in [9.17, 15) is 4.79 Å². The van der Waals surface area contributed by atoms with Crippen molar-refractivity contribution >= 4 is 17.4 Å². The first-order valence-corrected chi connectivity index (χ1v) is 5.87. The van der Waals surface area contributed by atoms with Crippen LogP contribution in [-0.4, -0.2) is 16.2 Å². The predicted octanol–water partition coefficient (Wildman–Crippen LogP) is 3.11. The van der Waals surface area contributed by atoms with Gasteiger partial charge in [-0.15, -0.1) is 11.6 Å². The largest absolute Gasteiger partial charge is 0.345 e. The van der Waals surface area contributed by atoms with E-state index in [0.717, 1.165) is 17.2 Å². The van der Waals surface area contributed by atoms with Gasteiger partial charge in [0.05, 0.1) is 5.88 Å². The van der Waals surface area contributed by atoms with Gasteiger partial charge in [-0.2, -0.15) is 0 Å². The van der Waals surface area contributed by atoms with Gasteiger partial charge in [0.15, 0.2) is 5.78 Å². The standard InChI is InChI=1S/C12H16ClNO/c1-7-4-11(7)14-8(2)5-10(9(14)3)12(15)6-13/h5,7,11H,4,6H2,1-3H3. The van der Waals surface area contributed by atoms with Gasteiger partial charge in [0.1, 0.15) is 0 Å². The highest BCUT2D eigenvalue weighted by Gasteiger charge is 2.36. The number of carbonyl (C=O) groups excluding carboxylic acids is 1. The van der Waals surface area contributed by atoms with Crippen molar-refractivity contribution in [2.45, 2.75) is 33.2 Å². The molecule has 0 spiro atoms. The van der Waals surface area contributed by atoms with Gasteiger partial charge < -0.3 is 4.57 Å². The van der Waals surface area contributed by atoms with E-state index in [2.05, 4.69) is 18.4 Å². The molecule has 2 rings (SSSR count). The molecule has 1 aliphatic rings. The Morgan fingerprint density at radius 2 is 2.20 bits per heavy atom. The average Bonchev–Trinajstić information content (AvgIpc) is 2.82. The van der Waals surface area contributed by atoms with Gasteiger partial charge in [0, 0.05) is 23.0 Å². The summed E-state index contributed by atoms with van der Waals surface area (Å²) in [5.41, 5.74) is 3.05. The molecule has 1 fully saturated rings. The van der Waals surface area contributed by atoms with E-state index >= 15 is 0 Å². The van der Waals surface area contributed by atoms with Gasteiger partial charge in [0.25, 0.3) is 0 Å². The lowest BCUT2D eigenvalue weighted by molar-refractivity contribution is 0.102. The van der Waals surface area contributed by atoms with Gasteiger partial charge in [0.2, 0.25) is 0 Å². The quantitative estimate of drug-likeness (QED) is 0.572. The Balaban J connectivity index is 2.40. The predicted molar refractivity (Wildman–Crippen MR) is 61.8 cm³/mol. The van der Waals surface area contributed by atoms with Crippen molar-refractivity contribution in [3.05, 3.63) is 23.0 Å². The second kappa shape index (κ2) is 3.67. The number of aromatic nitrogens is 1. The van der Waals surface area contributed by atoms with Crippen molar-refractivity contribution in [2.24, 2.45) is 5.92 Å². The van der Waals surface area contributed by atoms with Crippen LogP contribution in [0.15, 0.2) is 6.07 Å². The lowest BCUT2D eigenvalue weighted by atomic mass is 10.2. The minimum Gasteiger partial charge on any atom is -0.345 e. The van der Waals surface area contributed by atoms with E-state index in [0.29, 0.717) is 6.04 Å². The van der Waals surface area contributed by atoms with E-state index in [4.69, 9.17) is 11.6 Å². The molecule has 82 valence electrons. The minimum absolute atomic E-state index is 0.0318. The molecule has 1 aromatic heterocycles. The van der Waals surface area contributed by atoms with E-state index in [-0.39, 0.29) is 11.7 Å². The number of hydrogen-bond acceptors (Lipinski definition) is 1. The van der Waals surface area contributed by atoms with Gasteiger partial charge in [-0.1, -0.05) is 6.92 Å². The second-order valence-corrected chi connectivity index (χ2v) is 4.76. The Bertz CT molecular complexity index is 408. The zero-order valence-electron chi connectivity index (χ0n) is 9.38. The molecule has 2 unspecified atom stereocenters. The topological polar surface area (TPSA) is 22.0 Å². The summed E-state index contributed by atoms with van der Waals surface area (Å²) in [6.07, 6.45) is 1.23. The molecule has 1 aromatic rings. The molecular formula is C12H16ClNO. The number of halogens is 1. The Hall–Kier alpha value is -0.760. The lowest BCUT2D eigenvalue weighted by Gasteiger charge is -2.08. The van der Waals surface area contributed by atoms with E-state index in [1.807, 2.05) is 13.0 Å². The number of nitrogens with zero attached hydrogens (tertiary/aromatic N) is 1. The zero-order chi connectivity index (χ0) is 11.2. The third-order valence-corrected chi connectivity index (χ3v) is 3.55. The van der Waals surface area contributed by atoms with Crippen molar-refractivity contribution in [3.63, 3.8) is 0 Å². The first-order valence-electron chi connectivity index (χ1n) is 5.33. The summed E-state index contributed by atoms with van der Waals surface area (Å²) in [7, 11) is 0. The molecule has 2 atom stereocenters. The second-order valence-electron chi connectivity index (χ2n) is 4.49. The Morgan fingerprint density at radius 1 is 1.60 bits per heavy atom. The first kappa shape index (κ1) is 10.7. The number of ketones is 1. The van der Waals surface area contributed by atoms with Crippen LogP contribution in [0, 0.1) is 19.8 Å². The Labute approximate surface area is 95.2 Å². The van der Waals surface area contributed by atoms with Crippen molar-refractivity contribution in [3.8, 4) is 0 Å². The van der Waals surface area contributed by atoms with Gasteiger partial charge in [-0.25, -0.2) is 0 Å². The summed E-state index contributed by atoms with van der Waals surface area (Å²) in [5.74, 6) is 0.850. The van der Waals surface area contributed by atoms with Crippen LogP contribution in [0.5, 0.6) is 0 Å². The molecule has 0 aromatic carbocycles. The maximum absolute atomic E-state index is 11.6. The van der Waals surface area contributed by atoms with Crippen molar-refractivity contribution in [1.29, 1.82) is 0 Å². The Kier molecular flexibility index (Phi) is 2.63. The Morgan fingerprint density at radius 3 is 2.67 bits per heavy atom. The number of hydrogen-bond donors (Lipinski definition) is 0. The maximum Gasteiger partial charge on any atom is 0.179 e. The lowest BCUT2D eigenvalue weighted by Crippen LogP contribution is -2.05. The molecule has 1 aliphatic carbocycles. The van der Waals surface area contributed by atoms with Crippen LogP contribution in [0.1, 0.15) is 41.1 Å². The summed E-state index contributed by atoms with van der Waals surface area (Å²) in [5, 5.41) is 0. The van der Waals surface area contributed by atoms with E-state index < -0.39 is 0 Å². The minimum atomic E-state index is 0.0318. The maximum atomic E-state index is 11.6. The highest BCUT2D eigenvalue weighted by atomic mass is 35.5. The highest BCUT2D eigenvalue weighted by molar-refractivity contribution is 6.30. The number of Topliss-reactive ketones (excluding diaryl/α,β-unsaturated/α-hetero) is 1. The number of carbonyl (C=O) groups is 1. The summed E-state index contributed by atoms with van der Waals surface area (Å²) in [6.45, 7) is 6.31. The molecule has 0 bridgehead atoms. The van der Waals surface area contributed by atoms with E-state index in [1.165, 1.54) is 12.1 Å². The number of alkyl halides is 1. The van der Waals surface area contributed by atoms with Crippen LogP contribution in [0.3, 0.4) is 0 Å². The fraction of sp³-hybridized carbons (Fsp3) is 0.583. The smallest absolute Gasteiger partial charge is 0.179 e. The fourth-order valence-corrected chi connectivity index (χ4v) is 2.45. The van der Waals surface area contributed by atoms with Crippen molar-refractivity contribution < 1.29 is 4.79 Å². The van der Waals surface area contributed by atoms with Crippen LogP contribution in [0.4, 0.5) is 0 Å². The van der Waals surface area contributed by atoms with Crippen LogP contribution in [0.2, 0.25) is 0 Å². The zero-order valence-corrected chi connectivity index (χ0v) is 10.1. The highest BCUT2D eigenvalue weighted by Crippen LogP contribution is 2.44. The summed E-state index contributed by atoms with van der Waals surface area (Å²) in [6, 6.07) is 2.56. The first-order chi connectivity index (χ1) is 7.06. The van der Waals surface area contributed by atoms with Crippen LogP contribution in [0.25, 0.3) is 0 Å². The molecule has 3 heteroatoms. The van der Waals surface area contributed by atoms with Crippen LogP contribution < -0.4 is 0 Å². The molecule has 1 heterocycles. The third-order valence-electron chi connectivity index (χ3n) is 3.30. The molecule has 0 saturated heterocycles. The van der Waals surface area contributed by atoms with Gasteiger partial charge in [-0.05, 0) is 32.3 Å². The number of aryl methyl sites for hydroxylation is 1. The monoisotopic (exact) mass is 225 g/mol. The molecule has 0 N–H and O–H groups in total. The third kappa shape index (κ3) is 1.71. The number of rotatable bonds is 3. The molecule has 0 aliphatic heterocycles. The molecule has 0 radical (unpaired) electrons. The molecular weight excluding hydrogens is 210 g/mol. The molecule has 0 amide bonds. The van der Waals surface area contributed by atoms with Gasteiger partial charge in [-0.3, -0.25) is 4.79 Å². The molecule has 2 nitrogen and oxygen atoms in total. The molecule has 1 saturated carbocycles. The summed E-state index contributed by atoms with van der Waals surface area (Å²) >= 11 is 5.59. The van der Waals surface area contributed by atoms with E-state index in [1.54, 1.807) is 0 Å². The molecule has 15 heavy (non-hydrogen) atoms. The van der Waals surface area contributed by atoms with Gasteiger partial charge >= 0.3 is 0 Å². The van der Waals surface area contributed by atoms with Crippen LogP contribution >= 0.6 is 11.6 Å². The van der Waals surface area contributed by atoms with Crippen LogP contribution in [-0.2, 0) is 0 Å². The fourth-order valence-electron chi connectivity index (χ4n) is 2.30. The van der Waals surface area contributed by atoms with Crippen molar-refractivity contribution in [2.75, 3.05) is 5.88 Å². The summed E-state index contributed by atoms with van der Waals surface area (Å²) in [4.78, 5) is 11.6. The SMILES string of the molecule is Cc1cc(C(=O)CCl)c(C)n1C1CC1C.